The van der Waals surface area contributed by atoms with Gasteiger partial charge in [0.05, 0.1) is 4.90 Å². The maximum Gasteiger partial charge on any atom is 0.255 e. The van der Waals surface area contributed by atoms with E-state index in [1.54, 1.807) is 36.4 Å². The van der Waals surface area contributed by atoms with Gasteiger partial charge in [0.2, 0.25) is 10.0 Å². The number of rotatable bonds is 7. The van der Waals surface area contributed by atoms with Crippen LogP contribution >= 0.6 is 11.6 Å². The first-order chi connectivity index (χ1) is 11.4. The lowest BCUT2D eigenvalue weighted by Gasteiger charge is -2.08. The number of anilines is 1. The van der Waals surface area contributed by atoms with Gasteiger partial charge in [0, 0.05) is 22.8 Å². The highest BCUT2D eigenvalue weighted by Crippen LogP contribution is 2.16. The van der Waals surface area contributed by atoms with E-state index in [-0.39, 0.29) is 10.8 Å². The quantitative estimate of drug-likeness (QED) is 0.734. The number of benzene rings is 2. The Morgan fingerprint density at radius 3 is 2.46 bits per heavy atom. The van der Waals surface area contributed by atoms with E-state index < -0.39 is 10.0 Å². The molecule has 0 heterocycles. The molecule has 0 fully saturated rings. The molecule has 0 unspecified atom stereocenters. The van der Waals surface area contributed by atoms with Crippen LogP contribution in [0.5, 0.6) is 0 Å². The van der Waals surface area contributed by atoms with Crippen LogP contribution in [0, 0.1) is 0 Å². The predicted octanol–water partition coefficient (Wildman–Crippen LogP) is 3.67. The molecule has 0 aliphatic heterocycles. The average molecular weight is 367 g/mol. The van der Waals surface area contributed by atoms with E-state index in [2.05, 4.69) is 10.0 Å². The molecule has 0 saturated heterocycles. The highest BCUT2D eigenvalue weighted by Gasteiger charge is 2.13. The van der Waals surface area contributed by atoms with E-state index in [1.165, 1.54) is 12.1 Å². The van der Waals surface area contributed by atoms with Gasteiger partial charge in [0.25, 0.3) is 5.91 Å². The van der Waals surface area contributed by atoms with Gasteiger partial charge in [-0.2, -0.15) is 0 Å². The van der Waals surface area contributed by atoms with Crippen LogP contribution in [0.15, 0.2) is 53.4 Å². The zero-order valence-electron chi connectivity index (χ0n) is 13.3. The second-order valence-corrected chi connectivity index (χ2v) is 7.44. The lowest BCUT2D eigenvalue weighted by molar-refractivity contribution is 0.102. The Morgan fingerprint density at radius 2 is 1.83 bits per heavy atom. The first-order valence-electron chi connectivity index (χ1n) is 7.59. The number of unbranched alkanes of at least 4 members (excludes halogenated alkanes) is 1. The molecule has 2 N–H and O–H groups in total. The van der Waals surface area contributed by atoms with Crippen LogP contribution in [0.4, 0.5) is 5.69 Å². The summed E-state index contributed by atoms with van der Waals surface area (Å²) in [4.78, 5) is 12.3. The molecule has 2 rings (SSSR count). The van der Waals surface area contributed by atoms with Gasteiger partial charge in [-0.3, -0.25) is 4.79 Å². The van der Waals surface area contributed by atoms with Crippen LogP contribution in [-0.2, 0) is 10.0 Å². The maximum absolute atomic E-state index is 12.1. The Balaban J connectivity index is 2.05. The number of carbonyl (C=O) groups is 1. The number of sulfonamides is 1. The Labute approximate surface area is 147 Å². The van der Waals surface area contributed by atoms with Gasteiger partial charge in [0.1, 0.15) is 0 Å². The van der Waals surface area contributed by atoms with Crippen molar-refractivity contribution in [3.63, 3.8) is 0 Å². The molecule has 2 aromatic rings. The normalized spacial score (nSPS) is 11.2. The molecule has 0 aliphatic carbocycles. The van der Waals surface area contributed by atoms with E-state index in [0.717, 1.165) is 12.8 Å². The van der Waals surface area contributed by atoms with E-state index >= 15 is 0 Å². The van der Waals surface area contributed by atoms with Crippen molar-refractivity contribution < 1.29 is 13.2 Å². The molecule has 5 nitrogen and oxygen atoms in total. The van der Waals surface area contributed by atoms with E-state index in [0.29, 0.717) is 22.8 Å². The molecule has 0 radical (unpaired) electrons. The third-order valence-corrected chi connectivity index (χ3v) is 5.04. The minimum atomic E-state index is -3.52. The van der Waals surface area contributed by atoms with Crippen molar-refractivity contribution in [2.24, 2.45) is 0 Å². The van der Waals surface area contributed by atoms with Crippen molar-refractivity contribution in [2.75, 3.05) is 11.9 Å². The van der Waals surface area contributed by atoms with Crippen LogP contribution in [0.25, 0.3) is 0 Å². The van der Waals surface area contributed by atoms with Crippen molar-refractivity contribution in [3.05, 3.63) is 59.1 Å². The summed E-state index contributed by atoms with van der Waals surface area (Å²) >= 11 is 5.86. The van der Waals surface area contributed by atoms with Crippen LogP contribution in [0.3, 0.4) is 0 Å². The molecular weight excluding hydrogens is 348 g/mol. The molecule has 7 heteroatoms. The summed E-state index contributed by atoms with van der Waals surface area (Å²) < 4.78 is 26.7. The largest absolute Gasteiger partial charge is 0.322 e. The van der Waals surface area contributed by atoms with Crippen molar-refractivity contribution in [1.82, 2.24) is 4.72 Å². The van der Waals surface area contributed by atoms with Gasteiger partial charge in [-0.05, 0) is 48.9 Å². The zero-order valence-corrected chi connectivity index (χ0v) is 14.8. The number of hydrogen-bond acceptors (Lipinski definition) is 3. The highest BCUT2D eigenvalue weighted by atomic mass is 35.5. The number of amides is 1. The van der Waals surface area contributed by atoms with Gasteiger partial charge in [0.15, 0.2) is 0 Å². The highest BCUT2D eigenvalue weighted by molar-refractivity contribution is 7.89. The Hall–Kier alpha value is -1.89. The van der Waals surface area contributed by atoms with Crippen molar-refractivity contribution >= 4 is 33.2 Å². The molecule has 0 atom stereocenters. The molecule has 0 aliphatic rings. The predicted molar refractivity (Wildman–Crippen MR) is 95.9 cm³/mol. The smallest absolute Gasteiger partial charge is 0.255 e. The standard InChI is InChI=1S/C17H19ClN2O3S/c1-2-3-11-19-24(22,23)16-9-7-15(8-10-16)20-17(21)13-5-4-6-14(18)12-13/h4-10,12,19H,2-3,11H2,1H3,(H,20,21). The van der Waals surface area contributed by atoms with Crippen LogP contribution in [0.1, 0.15) is 30.1 Å². The molecule has 2 aromatic carbocycles. The molecule has 1 amide bonds. The Bertz CT molecular complexity index is 805. The van der Waals surface area contributed by atoms with Crippen LogP contribution < -0.4 is 10.0 Å². The molecule has 0 bridgehead atoms. The molecular formula is C17H19ClN2O3S. The van der Waals surface area contributed by atoms with Gasteiger partial charge in [-0.1, -0.05) is 31.0 Å². The Morgan fingerprint density at radius 1 is 1.12 bits per heavy atom. The van der Waals surface area contributed by atoms with Gasteiger partial charge >= 0.3 is 0 Å². The summed E-state index contributed by atoms with van der Waals surface area (Å²) in [6, 6.07) is 12.6. The van der Waals surface area contributed by atoms with Gasteiger partial charge < -0.3 is 5.32 Å². The summed E-state index contributed by atoms with van der Waals surface area (Å²) in [5, 5.41) is 3.18. The fraction of sp³-hybridized carbons (Fsp3) is 0.235. The van der Waals surface area contributed by atoms with E-state index in [1.807, 2.05) is 6.92 Å². The summed E-state index contributed by atoms with van der Waals surface area (Å²) in [5.74, 6) is -0.311. The van der Waals surface area contributed by atoms with Crippen LogP contribution in [-0.4, -0.2) is 20.9 Å². The third-order valence-electron chi connectivity index (χ3n) is 3.33. The number of hydrogen-bond donors (Lipinski definition) is 2. The zero-order chi connectivity index (χ0) is 17.6. The van der Waals surface area contributed by atoms with E-state index in [9.17, 15) is 13.2 Å². The molecule has 0 saturated carbocycles. The Kier molecular flexibility index (Phi) is 6.36. The fourth-order valence-corrected chi connectivity index (χ4v) is 3.28. The lowest BCUT2D eigenvalue weighted by Crippen LogP contribution is -2.24. The van der Waals surface area contributed by atoms with E-state index in [4.69, 9.17) is 11.6 Å². The number of carbonyl (C=O) groups excluding carboxylic acids is 1. The molecule has 128 valence electrons. The number of halogens is 1. The van der Waals surface area contributed by atoms with Crippen molar-refractivity contribution in [2.45, 2.75) is 24.7 Å². The summed E-state index contributed by atoms with van der Waals surface area (Å²) in [6.45, 7) is 2.40. The maximum atomic E-state index is 12.1. The first kappa shape index (κ1) is 18.4. The molecule has 0 spiro atoms. The van der Waals surface area contributed by atoms with Crippen molar-refractivity contribution in [3.8, 4) is 0 Å². The van der Waals surface area contributed by atoms with Crippen molar-refractivity contribution in [1.29, 1.82) is 0 Å². The lowest BCUT2D eigenvalue weighted by atomic mass is 10.2. The molecule has 0 aromatic heterocycles. The van der Waals surface area contributed by atoms with Crippen LogP contribution in [0.2, 0.25) is 5.02 Å². The van der Waals surface area contributed by atoms with Gasteiger partial charge in [-0.25, -0.2) is 13.1 Å². The minimum absolute atomic E-state index is 0.166. The summed E-state index contributed by atoms with van der Waals surface area (Å²) in [6.07, 6.45) is 1.70. The minimum Gasteiger partial charge on any atom is -0.322 e. The second kappa shape index (κ2) is 8.28. The van der Waals surface area contributed by atoms with Gasteiger partial charge in [-0.15, -0.1) is 0 Å². The molecule has 24 heavy (non-hydrogen) atoms. The second-order valence-electron chi connectivity index (χ2n) is 5.24. The monoisotopic (exact) mass is 366 g/mol. The third kappa shape index (κ3) is 5.06. The summed E-state index contributed by atoms with van der Waals surface area (Å²) in [5.41, 5.74) is 0.938. The number of nitrogens with one attached hydrogen (secondary N) is 2. The fourth-order valence-electron chi connectivity index (χ4n) is 2.02. The first-order valence-corrected chi connectivity index (χ1v) is 9.45. The average Bonchev–Trinajstić information content (AvgIpc) is 2.55. The topological polar surface area (TPSA) is 75.3 Å². The SMILES string of the molecule is CCCCNS(=O)(=O)c1ccc(NC(=O)c2cccc(Cl)c2)cc1. The summed E-state index contributed by atoms with van der Waals surface area (Å²) in [7, 11) is -3.52.